The van der Waals surface area contributed by atoms with Gasteiger partial charge in [-0.3, -0.25) is 0 Å². The van der Waals surface area contributed by atoms with Crippen LogP contribution in [0, 0.1) is 33.5 Å². The third kappa shape index (κ3) is 1.78. The van der Waals surface area contributed by atoms with Gasteiger partial charge in [0.2, 0.25) is 0 Å². The second-order valence-corrected chi connectivity index (χ2v) is 8.95. The van der Waals surface area contributed by atoms with Crippen molar-refractivity contribution in [2.75, 3.05) is 0 Å². The van der Waals surface area contributed by atoms with Crippen LogP contribution in [0.3, 0.4) is 0 Å². The molecule has 0 heterocycles. The average molecular weight is 238 g/mol. The van der Waals surface area contributed by atoms with Gasteiger partial charge in [-0.25, -0.2) is 0 Å². The maximum Gasteiger partial charge on any atom is -0.0172 e. The highest BCUT2D eigenvalue weighted by molar-refractivity contribution is 5.10. The molecule has 1 aliphatic rings. The van der Waals surface area contributed by atoms with Crippen LogP contribution in [0.5, 0.6) is 0 Å². The molecular formula is C17H34. The van der Waals surface area contributed by atoms with Crippen molar-refractivity contribution in [1.82, 2.24) is 0 Å². The quantitative estimate of drug-likeness (QED) is 0.503. The average Bonchev–Trinajstić information content (AvgIpc) is 2.10. The monoisotopic (exact) mass is 238 g/mol. The van der Waals surface area contributed by atoms with E-state index >= 15 is 0 Å². The van der Waals surface area contributed by atoms with Crippen molar-refractivity contribution in [3.63, 3.8) is 0 Å². The highest BCUT2D eigenvalue weighted by atomic mass is 14.7. The van der Waals surface area contributed by atoms with E-state index in [9.17, 15) is 0 Å². The van der Waals surface area contributed by atoms with Crippen LogP contribution in [0.25, 0.3) is 0 Å². The Morgan fingerprint density at radius 1 is 0.882 bits per heavy atom. The van der Waals surface area contributed by atoms with Crippen LogP contribution in [0.2, 0.25) is 0 Å². The lowest BCUT2D eigenvalue weighted by atomic mass is 9.37. The summed E-state index contributed by atoms with van der Waals surface area (Å²) in [5.41, 5.74) is 1.49. The van der Waals surface area contributed by atoms with Crippen molar-refractivity contribution in [2.45, 2.75) is 75.7 Å². The highest BCUT2D eigenvalue weighted by Gasteiger charge is 2.62. The van der Waals surface area contributed by atoms with Crippen LogP contribution in [0.4, 0.5) is 0 Å². The zero-order chi connectivity index (χ0) is 13.9. The van der Waals surface area contributed by atoms with Crippen molar-refractivity contribution in [1.29, 1.82) is 0 Å². The van der Waals surface area contributed by atoms with Crippen LogP contribution in [-0.2, 0) is 0 Å². The molecule has 0 amide bonds. The van der Waals surface area contributed by atoms with Gasteiger partial charge in [-0.05, 0) is 39.9 Å². The van der Waals surface area contributed by atoms with Crippen LogP contribution in [0.1, 0.15) is 75.7 Å². The molecule has 102 valence electrons. The van der Waals surface area contributed by atoms with Gasteiger partial charge in [0, 0.05) is 0 Å². The minimum Gasteiger partial charge on any atom is -0.0622 e. The molecule has 0 saturated heterocycles. The maximum absolute atomic E-state index is 2.54. The van der Waals surface area contributed by atoms with Crippen LogP contribution < -0.4 is 0 Å². The van der Waals surface area contributed by atoms with Crippen molar-refractivity contribution in [3.8, 4) is 0 Å². The van der Waals surface area contributed by atoms with E-state index in [1.165, 1.54) is 6.42 Å². The smallest absolute Gasteiger partial charge is 0.0172 e. The minimum atomic E-state index is 0.342. The summed E-state index contributed by atoms with van der Waals surface area (Å²) >= 11 is 0. The molecule has 1 fully saturated rings. The number of hydrogen-bond acceptors (Lipinski definition) is 0. The molecule has 3 unspecified atom stereocenters. The molecule has 0 heteroatoms. The SMILES string of the molecule is CC1CC(C)(C)C(C)(C(C)(C)C)C(C)(C)C1C. The first-order chi connectivity index (χ1) is 7.29. The minimum absolute atomic E-state index is 0.342. The molecule has 0 N–H and O–H groups in total. The molecule has 17 heavy (non-hydrogen) atoms. The summed E-state index contributed by atoms with van der Waals surface area (Å²) < 4.78 is 0. The first kappa shape index (κ1) is 15.1. The zero-order valence-corrected chi connectivity index (χ0v) is 13.9. The van der Waals surface area contributed by atoms with Gasteiger partial charge in [0.25, 0.3) is 0 Å². The lowest BCUT2D eigenvalue weighted by Crippen LogP contribution is -2.61. The molecule has 0 radical (unpaired) electrons. The lowest BCUT2D eigenvalue weighted by molar-refractivity contribution is -0.194. The molecule has 1 rings (SSSR count). The van der Waals surface area contributed by atoms with Crippen LogP contribution >= 0.6 is 0 Å². The van der Waals surface area contributed by atoms with E-state index in [1.54, 1.807) is 0 Å². The topological polar surface area (TPSA) is 0 Å². The van der Waals surface area contributed by atoms with Gasteiger partial charge in [-0.15, -0.1) is 0 Å². The van der Waals surface area contributed by atoms with Crippen molar-refractivity contribution < 1.29 is 0 Å². The van der Waals surface area contributed by atoms with E-state index in [4.69, 9.17) is 0 Å². The normalized spacial score (nSPS) is 41.3. The maximum atomic E-state index is 2.54. The predicted molar refractivity (Wildman–Crippen MR) is 78.1 cm³/mol. The fraction of sp³-hybridized carbons (Fsp3) is 1.00. The fourth-order valence-electron chi connectivity index (χ4n) is 5.21. The van der Waals surface area contributed by atoms with Gasteiger partial charge in [-0.1, -0.05) is 69.2 Å². The van der Waals surface area contributed by atoms with Gasteiger partial charge in [0.15, 0.2) is 0 Å². The second-order valence-electron chi connectivity index (χ2n) is 8.95. The number of hydrogen-bond donors (Lipinski definition) is 0. The van der Waals surface area contributed by atoms with Gasteiger partial charge in [-0.2, -0.15) is 0 Å². The molecule has 0 aromatic rings. The molecule has 1 aliphatic carbocycles. The van der Waals surface area contributed by atoms with E-state index < -0.39 is 0 Å². The summed E-state index contributed by atoms with van der Waals surface area (Å²) in [7, 11) is 0. The Labute approximate surface area is 110 Å². The largest absolute Gasteiger partial charge is 0.0622 e. The Bertz CT molecular complexity index is 290. The van der Waals surface area contributed by atoms with E-state index in [1.807, 2.05) is 0 Å². The Hall–Kier alpha value is 0. The van der Waals surface area contributed by atoms with Gasteiger partial charge in [0.1, 0.15) is 0 Å². The summed E-state index contributed by atoms with van der Waals surface area (Å²) in [6, 6.07) is 0. The highest BCUT2D eigenvalue weighted by Crippen LogP contribution is 2.69. The van der Waals surface area contributed by atoms with Gasteiger partial charge >= 0.3 is 0 Å². The first-order valence-electron chi connectivity index (χ1n) is 7.29. The zero-order valence-electron chi connectivity index (χ0n) is 13.9. The third-order valence-electron chi connectivity index (χ3n) is 6.97. The Balaban J connectivity index is 3.42. The summed E-state index contributed by atoms with van der Waals surface area (Å²) in [6.07, 6.45) is 1.35. The molecule has 0 aromatic carbocycles. The summed E-state index contributed by atoms with van der Waals surface area (Å²) in [5, 5.41) is 0. The van der Waals surface area contributed by atoms with E-state index in [2.05, 4.69) is 69.2 Å². The van der Waals surface area contributed by atoms with E-state index in [0.29, 0.717) is 21.7 Å². The standard InChI is InChI=1S/C17H34/c1-12-11-15(6,7)17(10,14(3,4)5)16(8,9)13(12)2/h12-13H,11H2,1-10H3. The fourth-order valence-corrected chi connectivity index (χ4v) is 5.21. The third-order valence-corrected chi connectivity index (χ3v) is 6.97. The van der Waals surface area contributed by atoms with Crippen molar-refractivity contribution in [3.05, 3.63) is 0 Å². The Morgan fingerprint density at radius 3 is 1.65 bits per heavy atom. The predicted octanol–water partition coefficient (Wildman–Crippen LogP) is 5.77. The summed E-state index contributed by atoms with van der Waals surface area (Å²) in [4.78, 5) is 0. The summed E-state index contributed by atoms with van der Waals surface area (Å²) in [5.74, 6) is 1.62. The molecule has 0 spiro atoms. The van der Waals surface area contributed by atoms with Crippen LogP contribution in [0.15, 0.2) is 0 Å². The Kier molecular flexibility index (Phi) is 3.32. The van der Waals surface area contributed by atoms with E-state index in [0.717, 1.165) is 11.8 Å². The molecule has 3 atom stereocenters. The molecular weight excluding hydrogens is 204 g/mol. The van der Waals surface area contributed by atoms with E-state index in [-0.39, 0.29) is 0 Å². The molecule has 0 aliphatic heterocycles. The van der Waals surface area contributed by atoms with Gasteiger partial charge in [0.05, 0.1) is 0 Å². The molecule has 0 aromatic heterocycles. The van der Waals surface area contributed by atoms with Crippen LogP contribution in [-0.4, -0.2) is 0 Å². The Morgan fingerprint density at radius 2 is 1.29 bits per heavy atom. The second kappa shape index (κ2) is 3.75. The first-order valence-corrected chi connectivity index (χ1v) is 7.29. The van der Waals surface area contributed by atoms with Gasteiger partial charge < -0.3 is 0 Å². The van der Waals surface area contributed by atoms with Crippen molar-refractivity contribution >= 4 is 0 Å². The molecule has 0 bridgehead atoms. The van der Waals surface area contributed by atoms with Crippen molar-refractivity contribution in [2.24, 2.45) is 33.5 Å². The lowest BCUT2D eigenvalue weighted by Gasteiger charge is -2.68. The molecule has 0 nitrogen and oxygen atoms in total. The molecule has 1 saturated carbocycles. The summed E-state index contributed by atoms with van der Waals surface area (Å²) in [6.45, 7) is 24.7. The number of rotatable bonds is 0.